The van der Waals surface area contributed by atoms with Crippen molar-refractivity contribution in [3.63, 3.8) is 0 Å². The van der Waals surface area contributed by atoms with E-state index in [1.807, 2.05) is 0 Å². The zero-order valence-electron chi connectivity index (χ0n) is 14.6. The molecule has 0 aliphatic rings. The van der Waals surface area contributed by atoms with Crippen molar-refractivity contribution in [2.75, 3.05) is 11.9 Å². The van der Waals surface area contributed by atoms with Crippen LogP contribution in [0.1, 0.15) is 32.2 Å². The molecule has 0 fully saturated rings. The van der Waals surface area contributed by atoms with E-state index in [0.717, 1.165) is 0 Å². The Morgan fingerprint density at radius 1 is 1.32 bits per heavy atom. The second-order valence-corrected chi connectivity index (χ2v) is 6.52. The maximum atomic E-state index is 12.1. The van der Waals surface area contributed by atoms with Crippen LogP contribution in [0, 0.1) is 6.92 Å². The number of aromatic nitrogens is 2. The number of rotatable bonds is 6. The Morgan fingerprint density at radius 3 is 2.60 bits per heavy atom. The van der Waals surface area contributed by atoms with E-state index in [1.165, 1.54) is 0 Å². The molecule has 0 saturated carbocycles. The van der Waals surface area contributed by atoms with Crippen molar-refractivity contribution in [1.29, 1.82) is 0 Å². The van der Waals surface area contributed by atoms with E-state index >= 15 is 0 Å². The van der Waals surface area contributed by atoms with Gasteiger partial charge in [-0.1, -0.05) is 17.3 Å². The van der Waals surface area contributed by atoms with Gasteiger partial charge in [0, 0.05) is 18.2 Å². The number of carboxylic acid groups (broad SMARTS) is 1. The molecule has 2 N–H and O–H groups in total. The number of nitrogens with zero attached hydrogens (tertiary/aromatic N) is 2. The zero-order valence-corrected chi connectivity index (χ0v) is 14.6. The summed E-state index contributed by atoms with van der Waals surface area (Å²) in [5.74, 6) is -0.592. The smallest absolute Gasteiger partial charge is 0.322 e. The number of anilines is 1. The van der Waals surface area contributed by atoms with Crippen LogP contribution in [0.15, 0.2) is 22.7 Å². The van der Waals surface area contributed by atoms with Crippen molar-refractivity contribution in [3.8, 4) is 11.4 Å². The fourth-order valence-electron chi connectivity index (χ4n) is 2.15. The average Bonchev–Trinajstić information content (AvgIpc) is 2.90. The number of ether oxygens (including phenoxy) is 1. The van der Waals surface area contributed by atoms with Crippen LogP contribution in [0.3, 0.4) is 0 Å². The van der Waals surface area contributed by atoms with Gasteiger partial charge in [0.1, 0.15) is 12.1 Å². The molecule has 0 amide bonds. The lowest BCUT2D eigenvalue weighted by atomic mass is 10.1. The normalized spacial score (nSPS) is 11.2. The molecule has 0 radical (unpaired) electrons. The first-order valence-electron chi connectivity index (χ1n) is 7.75. The number of hydrogen-bond donors (Lipinski definition) is 2. The van der Waals surface area contributed by atoms with Crippen LogP contribution < -0.4 is 5.32 Å². The van der Waals surface area contributed by atoms with Crippen molar-refractivity contribution >= 4 is 17.6 Å². The van der Waals surface area contributed by atoms with E-state index in [9.17, 15) is 9.59 Å². The van der Waals surface area contributed by atoms with Crippen molar-refractivity contribution in [3.05, 3.63) is 29.7 Å². The van der Waals surface area contributed by atoms with Gasteiger partial charge in [-0.25, -0.2) is 0 Å². The van der Waals surface area contributed by atoms with Crippen LogP contribution >= 0.6 is 0 Å². The molecule has 2 rings (SSSR count). The molecule has 25 heavy (non-hydrogen) atoms. The number of carbonyl (C=O) groups excluding carboxylic acids is 1. The molecule has 0 saturated heterocycles. The Kier molecular flexibility index (Phi) is 5.41. The Hall–Kier alpha value is -2.90. The molecule has 0 bridgehead atoms. The van der Waals surface area contributed by atoms with Gasteiger partial charge in [-0.2, -0.15) is 4.98 Å². The lowest BCUT2D eigenvalue weighted by Crippen LogP contribution is -2.25. The summed E-state index contributed by atoms with van der Waals surface area (Å²) in [5.41, 5.74) is 1.19. The largest absolute Gasteiger partial charge is 0.480 e. The number of nitrogens with one attached hydrogen (secondary N) is 1. The van der Waals surface area contributed by atoms with Gasteiger partial charge in [-0.05, 0) is 32.4 Å². The maximum absolute atomic E-state index is 12.1. The van der Waals surface area contributed by atoms with E-state index in [1.54, 1.807) is 45.9 Å². The highest BCUT2D eigenvalue weighted by Crippen LogP contribution is 2.25. The molecule has 8 nitrogen and oxygen atoms in total. The predicted octanol–water partition coefficient (Wildman–Crippen LogP) is 2.43. The lowest BCUT2D eigenvalue weighted by Gasteiger charge is -2.20. The van der Waals surface area contributed by atoms with Crippen LogP contribution in [0.4, 0.5) is 5.69 Å². The standard InChI is InChI=1S/C17H21N3O5/c1-10-19-16(20-25-10)12-6-5-11(8-15(23)24-17(2,3)4)13(7-12)18-9-14(21)22/h5-7,18H,8-9H2,1-4H3,(H,21,22). The number of hydrogen-bond acceptors (Lipinski definition) is 7. The summed E-state index contributed by atoms with van der Waals surface area (Å²) in [4.78, 5) is 27.1. The summed E-state index contributed by atoms with van der Waals surface area (Å²) in [6, 6.07) is 5.15. The molecule has 0 aliphatic heterocycles. The highest BCUT2D eigenvalue weighted by molar-refractivity contribution is 5.79. The molecule has 0 aliphatic carbocycles. The molecule has 134 valence electrons. The van der Waals surface area contributed by atoms with Gasteiger partial charge in [-0.15, -0.1) is 0 Å². The van der Waals surface area contributed by atoms with E-state index < -0.39 is 17.5 Å². The van der Waals surface area contributed by atoms with Gasteiger partial charge in [-0.3, -0.25) is 9.59 Å². The van der Waals surface area contributed by atoms with Gasteiger partial charge < -0.3 is 19.7 Å². The first-order valence-corrected chi connectivity index (χ1v) is 7.75. The van der Waals surface area contributed by atoms with E-state index in [-0.39, 0.29) is 13.0 Å². The second kappa shape index (κ2) is 7.33. The minimum atomic E-state index is -1.01. The zero-order chi connectivity index (χ0) is 18.6. The molecular formula is C17H21N3O5. The van der Waals surface area contributed by atoms with E-state index in [2.05, 4.69) is 15.5 Å². The highest BCUT2D eigenvalue weighted by atomic mass is 16.6. The van der Waals surface area contributed by atoms with Gasteiger partial charge in [0.2, 0.25) is 11.7 Å². The third kappa shape index (κ3) is 5.59. The van der Waals surface area contributed by atoms with Crippen molar-refractivity contribution < 1.29 is 24.0 Å². The number of benzene rings is 1. The topological polar surface area (TPSA) is 115 Å². The minimum absolute atomic E-state index is 0.0186. The molecule has 1 aromatic carbocycles. The Bertz CT molecular complexity index is 777. The van der Waals surface area contributed by atoms with E-state index in [4.69, 9.17) is 14.4 Å². The average molecular weight is 347 g/mol. The first-order chi connectivity index (χ1) is 11.6. The highest BCUT2D eigenvalue weighted by Gasteiger charge is 2.19. The molecule has 0 spiro atoms. The van der Waals surface area contributed by atoms with Crippen LogP contribution in [0.25, 0.3) is 11.4 Å². The van der Waals surface area contributed by atoms with E-state index in [0.29, 0.717) is 28.5 Å². The Labute approximate surface area is 145 Å². The number of carboxylic acids is 1. The molecule has 2 aromatic rings. The number of aliphatic carboxylic acids is 1. The lowest BCUT2D eigenvalue weighted by molar-refractivity contribution is -0.153. The summed E-state index contributed by atoms with van der Waals surface area (Å²) >= 11 is 0. The van der Waals surface area contributed by atoms with Gasteiger partial charge in [0.25, 0.3) is 0 Å². The summed E-state index contributed by atoms with van der Waals surface area (Å²) in [5, 5.41) is 15.5. The molecule has 0 unspecified atom stereocenters. The Balaban J connectivity index is 2.28. The third-order valence-electron chi connectivity index (χ3n) is 3.08. The molecule has 8 heteroatoms. The molecule has 0 atom stereocenters. The quantitative estimate of drug-likeness (QED) is 0.766. The SMILES string of the molecule is Cc1nc(-c2ccc(CC(=O)OC(C)(C)C)c(NCC(=O)O)c2)no1. The summed E-state index contributed by atoms with van der Waals surface area (Å²) in [6.45, 7) is 6.76. The van der Waals surface area contributed by atoms with Crippen LogP contribution in [0.2, 0.25) is 0 Å². The monoisotopic (exact) mass is 347 g/mol. The second-order valence-electron chi connectivity index (χ2n) is 6.52. The van der Waals surface area contributed by atoms with Crippen LogP contribution in [-0.2, 0) is 20.7 Å². The predicted molar refractivity (Wildman–Crippen MR) is 90.1 cm³/mol. The fourth-order valence-corrected chi connectivity index (χ4v) is 2.15. The van der Waals surface area contributed by atoms with Crippen LogP contribution in [-0.4, -0.2) is 39.3 Å². The van der Waals surface area contributed by atoms with Crippen molar-refractivity contribution in [2.24, 2.45) is 0 Å². The summed E-state index contributed by atoms with van der Waals surface area (Å²) in [7, 11) is 0. The molecule has 1 heterocycles. The van der Waals surface area contributed by atoms with Crippen molar-refractivity contribution in [1.82, 2.24) is 10.1 Å². The minimum Gasteiger partial charge on any atom is -0.480 e. The Morgan fingerprint density at radius 2 is 2.04 bits per heavy atom. The van der Waals surface area contributed by atoms with Gasteiger partial charge >= 0.3 is 11.9 Å². The van der Waals surface area contributed by atoms with Crippen LogP contribution in [0.5, 0.6) is 0 Å². The summed E-state index contributed by atoms with van der Waals surface area (Å²) in [6.07, 6.45) is 0.0186. The van der Waals surface area contributed by atoms with Gasteiger partial charge in [0.15, 0.2) is 0 Å². The maximum Gasteiger partial charge on any atom is 0.322 e. The molecular weight excluding hydrogens is 326 g/mol. The fraction of sp³-hybridized carbons (Fsp3) is 0.412. The number of carbonyl (C=O) groups is 2. The molecule has 1 aromatic heterocycles. The summed E-state index contributed by atoms with van der Waals surface area (Å²) < 4.78 is 10.3. The van der Waals surface area contributed by atoms with Crippen molar-refractivity contribution in [2.45, 2.75) is 39.7 Å². The number of esters is 1. The number of aryl methyl sites for hydroxylation is 1. The third-order valence-corrected chi connectivity index (χ3v) is 3.08. The first kappa shape index (κ1) is 18.4. The van der Waals surface area contributed by atoms with Gasteiger partial charge in [0.05, 0.1) is 6.42 Å².